The lowest BCUT2D eigenvalue weighted by Gasteiger charge is -2.29. The number of hydrogen-bond acceptors (Lipinski definition) is 3. The van der Waals surface area contributed by atoms with Crippen molar-refractivity contribution in [3.05, 3.63) is 89.6 Å². The van der Waals surface area contributed by atoms with Gasteiger partial charge in [0, 0.05) is 42.4 Å². The van der Waals surface area contributed by atoms with E-state index in [4.69, 9.17) is 6.42 Å². The number of allylic oxidation sites excluding steroid dienone is 3. The summed E-state index contributed by atoms with van der Waals surface area (Å²) in [7, 11) is 1.94. The Bertz CT molecular complexity index is 1130. The second kappa shape index (κ2) is 12.0. The van der Waals surface area contributed by atoms with Gasteiger partial charge in [0.2, 0.25) is 0 Å². The SMILES string of the molecule is C#Cc1cc(C(=C)/C(=C(/NC)C(C)(C)C)c2ccc(C#N)cc2)ccc1N(CCC)CCC=C. The lowest BCUT2D eigenvalue weighted by atomic mass is 9.82. The van der Waals surface area contributed by atoms with E-state index in [0.717, 1.165) is 65.2 Å². The monoisotopic (exact) mass is 451 g/mol. The van der Waals surface area contributed by atoms with Crippen LogP contribution in [0.25, 0.3) is 11.1 Å². The zero-order valence-corrected chi connectivity index (χ0v) is 21.3. The number of nitrogens with zero attached hydrogens (tertiary/aromatic N) is 2. The van der Waals surface area contributed by atoms with E-state index in [0.29, 0.717) is 5.56 Å². The summed E-state index contributed by atoms with van der Waals surface area (Å²) in [5, 5.41) is 12.7. The number of hydrogen-bond donors (Lipinski definition) is 1. The molecule has 0 aliphatic heterocycles. The van der Waals surface area contributed by atoms with Crippen molar-refractivity contribution in [3.8, 4) is 18.4 Å². The van der Waals surface area contributed by atoms with E-state index in [1.54, 1.807) is 0 Å². The zero-order valence-electron chi connectivity index (χ0n) is 21.3. The van der Waals surface area contributed by atoms with Gasteiger partial charge in [-0.25, -0.2) is 0 Å². The number of benzene rings is 2. The van der Waals surface area contributed by atoms with Gasteiger partial charge in [0.1, 0.15) is 0 Å². The standard InChI is InChI=1S/C31H37N3/c1-9-12-20-34(19-10-2)28-18-17-27(21-25(28)11-3)23(4)29(30(33-8)31(5,6)7)26-15-13-24(22-32)14-16-26/h3,9,13-18,21,33H,1,4,10,12,19-20H2,2,5-8H3/b30-29-. The maximum absolute atomic E-state index is 9.24. The molecule has 0 radical (unpaired) electrons. The second-order valence-corrected chi connectivity index (χ2v) is 9.36. The van der Waals surface area contributed by atoms with Gasteiger partial charge in [0.15, 0.2) is 0 Å². The lowest BCUT2D eigenvalue weighted by molar-refractivity contribution is 0.476. The summed E-state index contributed by atoms with van der Waals surface area (Å²) in [5.74, 6) is 2.90. The Morgan fingerprint density at radius 3 is 2.26 bits per heavy atom. The summed E-state index contributed by atoms with van der Waals surface area (Å²) in [6, 6.07) is 16.1. The number of anilines is 1. The topological polar surface area (TPSA) is 39.1 Å². The summed E-state index contributed by atoms with van der Waals surface area (Å²) in [4.78, 5) is 2.33. The largest absolute Gasteiger partial charge is 0.390 e. The highest BCUT2D eigenvalue weighted by molar-refractivity contribution is 6.05. The van der Waals surface area contributed by atoms with Crippen molar-refractivity contribution in [2.75, 3.05) is 25.0 Å². The molecule has 3 heteroatoms. The molecule has 0 fully saturated rings. The van der Waals surface area contributed by atoms with Gasteiger partial charge in [-0.15, -0.1) is 13.0 Å². The van der Waals surface area contributed by atoms with E-state index in [-0.39, 0.29) is 5.41 Å². The predicted molar refractivity (Wildman–Crippen MR) is 147 cm³/mol. The highest BCUT2D eigenvalue weighted by Gasteiger charge is 2.24. The maximum Gasteiger partial charge on any atom is 0.0991 e. The average Bonchev–Trinajstić information content (AvgIpc) is 2.83. The number of nitriles is 1. The van der Waals surface area contributed by atoms with E-state index in [1.165, 1.54) is 0 Å². The van der Waals surface area contributed by atoms with Gasteiger partial charge in [-0.1, -0.05) is 64.5 Å². The van der Waals surface area contributed by atoms with Crippen LogP contribution < -0.4 is 10.2 Å². The van der Waals surface area contributed by atoms with Gasteiger partial charge in [-0.3, -0.25) is 0 Å². The molecule has 0 saturated heterocycles. The summed E-state index contributed by atoms with van der Waals surface area (Å²) >= 11 is 0. The number of rotatable bonds is 10. The first-order valence-corrected chi connectivity index (χ1v) is 11.8. The Kier molecular flexibility index (Phi) is 9.35. The van der Waals surface area contributed by atoms with Gasteiger partial charge in [-0.2, -0.15) is 5.26 Å². The van der Waals surface area contributed by atoms with Crippen molar-refractivity contribution in [1.82, 2.24) is 5.32 Å². The van der Waals surface area contributed by atoms with E-state index in [2.05, 4.69) is 81.3 Å². The molecule has 3 nitrogen and oxygen atoms in total. The normalized spacial score (nSPS) is 11.6. The Morgan fingerprint density at radius 2 is 1.76 bits per heavy atom. The molecule has 0 aromatic heterocycles. The van der Waals surface area contributed by atoms with Crippen molar-refractivity contribution in [3.63, 3.8) is 0 Å². The van der Waals surface area contributed by atoms with Gasteiger partial charge in [0.05, 0.1) is 17.3 Å². The number of nitrogens with one attached hydrogen (secondary N) is 1. The quantitative estimate of drug-likeness (QED) is 0.240. The molecule has 0 bridgehead atoms. The number of terminal acetylenes is 1. The molecule has 34 heavy (non-hydrogen) atoms. The van der Waals surface area contributed by atoms with Gasteiger partial charge >= 0.3 is 0 Å². The third kappa shape index (κ3) is 6.21. The Morgan fingerprint density at radius 1 is 1.12 bits per heavy atom. The van der Waals surface area contributed by atoms with Crippen LogP contribution in [0, 0.1) is 29.1 Å². The maximum atomic E-state index is 9.24. The van der Waals surface area contributed by atoms with E-state index in [1.807, 2.05) is 37.4 Å². The molecule has 0 aliphatic rings. The third-order valence-electron chi connectivity index (χ3n) is 5.79. The summed E-state index contributed by atoms with van der Waals surface area (Å²) in [6.07, 6.45) is 9.86. The molecule has 0 heterocycles. The van der Waals surface area contributed by atoms with Gasteiger partial charge < -0.3 is 10.2 Å². The zero-order chi connectivity index (χ0) is 25.3. The average molecular weight is 452 g/mol. The molecule has 0 amide bonds. The van der Waals surface area contributed by atoms with Crippen LogP contribution in [0.4, 0.5) is 5.69 Å². The second-order valence-electron chi connectivity index (χ2n) is 9.36. The van der Waals surface area contributed by atoms with Gasteiger partial charge in [0.25, 0.3) is 0 Å². The molecule has 0 atom stereocenters. The molecular weight excluding hydrogens is 414 g/mol. The molecule has 0 saturated carbocycles. The fourth-order valence-corrected chi connectivity index (χ4v) is 4.19. The molecule has 176 valence electrons. The van der Waals surface area contributed by atoms with E-state index >= 15 is 0 Å². The fourth-order valence-electron chi connectivity index (χ4n) is 4.19. The van der Waals surface area contributed by atoms with Crippen molar-refractivity contribution in [2.24, 2.45) is 5.41 Å². The molecular formula is C31H37N3. The predicted octanol–water partition coefficient (Wildman–Crippen LogP) is 7.02. The van der Waals surface area contributed by atoms with Crippen molar-refractivity contribution in [1.29, 1.82) is 5.26 Å². The minimum Gasteiger partial charge on any atom is -0.390 e. The summed E-state index contributed by atoms with van der Waals surface area (Å²) in [6.45, 7) is 18.9. The van der Waals surface area contributed by atoms with Crippen LogP contribution in [0.2, 0.25) is 0 Å². The highest BCUT2D eigenvalue weighted by Crippen LogP contribution is 2.39. The first-order chi connectivity index (χ1) is 16.2. The van der Waals surface area contributed by atoms with Crippen LogP contribution in [0.3, 0.4) is 0 Å². The summed E-state index contributed by atoms with van der Waals surface area (Å²) in [5.41, 5.74) is 7.39. The fraction of sp³-hybridized carbons (Fsp3) is 0.323. The minimum atomic E-state index is -0.140. The van der Waals surface area contributed by atoms with Crippen LogP contribution in [0.5, 0.6) is 0 Å². The molecule has 2 rings (SSSR count). The Balaban J connectivity index is 2.65. The van der Waals surface area contributed by atoms with Crippen molar-refractivity contribution >= 4 is 16.8 Å². The first kappa shape index (κ1) is 26.6. The smallest absolute Gasteiger partial charge is 0.0991 e. The van der Waals surface area contributed by atoms with Crippen LogP contribution in [-0.2, 0) is 0 Å². The Hall–Kier alpha value is -3.69. The molecule has 0 unspecified atom stereocenters. The first-order valence-electron chi connectivity index (χ1n) is 11.8. The molecule has 1 N–H and O–H groups in total. The van der Waals surface area contributed by atoms with Crippen molar-refractivity contribution in [2.45, 2.75) is 40.5 Å². The van der Waals surface area contributed by atoms with Crippen LogP contribution in [0.1, 0.15) is 62.8 Å². The molecule has 2 aromatic carbocycles. The third-order valence-corrected chi connectivity index (χ3v) is 5.79. The van der Waals surface area contributed by atoms with E-state index in [9.17, 15) is 5.26 Å². The minimum absolute atomic E-state index is 0.140. The molecule has 0 aliphatic carbocycles. The van der Waals surface area contributed by atoms with Crippen LogP contribution >= 0.6 is 0 Å². The van der Waals surface area contributed by atoms with Crippen LogP contribution in [0.15, 0.2) is 67.4 Å². The van der Waals surface area contributed by atoms with E-state index < -0.39 is 0 Å². The lowest BCUT2D eigenvalue weighted by Crippen LogP contribution is -2.26. The molecule has 2 aromatic rings. The summed E-state index contributed by atoms with van der Waals surface area (Å²) < 4.78 is 0. The van der Waals surface area contributed by atoms with Crippen LogP contribution in [-0.4, -0.2) is 20.1 Å². The highest BCUT2D eigenvalue weighted by atomic mass is 15.1. The Labute approximate surface area is 206 Å². The van der Waals surface area contributed by atoms with Crippen molar-refractivity contribution < 1.29 is 0 Å². The van der Waals surface area contributed by atoms with Gasteiger partial charge in [-0.05, 0) is 53.8 Å². The molecule has 0 spiro atoms.